The van der Waals surface area contributed by atoms with Crippen molar-refractivity contribution in [2.24, 2.45) is 5.92 Å². The van der Waals surface area contributed by atoms with E-state index in [1.807, 2.05) is 30.9 Å². The third kappa shape index (κ3) is 3.47. The molecular formula is C18H22ClN3O2. The zero-order chi connectivity index (χ0) is 17.3. The van der Waals surface area contributed by atoms with Crippen molar-refractivity contribution in [2.45, 2.75) is 32.8 Å². The lowest BCUT2D eigenvalue weighted by molar-refractivity contribution is 0.0521. The smallest absolute Gasteiger partial charge is 0.257 e. The zero-order valence-electron chi connectivity index (χ0n) is 13.9. The Morgan fingerprint density at radius 1 is 1.29 bits per heavy atom. The number of nitrogens with zero attached hydrogens (tertiary/aromatic N) is 3. The molecule has 2 heterocycles. The maximum absolute atomic E-state index is 12.8. The van der Waals surface area contributed by atoms with Gasteiger partial charge in [-0.25, -0.2) is 4.68 Å². The second-order valence-corrected chi connectivity index (χ2v) is 6.86. The Labute approximate surface area is 146 Å². The number of hydrogen-bond donors (Lipinski definition) is 1. The highest BCUT2D eigenvalue weighted by Gasteiger charge is 2.27. The van der Waals surface area contributed by atoms with Crippen LogP contribution in [-0.2, 0) is 0 Å². The number of aryl methyl sites for hydroxylation is 1. The second kappa shape index (κ2) is 6.95. The molecule has 128 valence electrons. The number of aliphatic hydroxyl groups excluding tert-OH is 1. The Kier molecular flexibility index (Phi) is 4.92. The highest BCUT2D eigenvalue weighted by Crippen LogP contribution is 2.23. The molecule has 24 heavy (non-hydrogen) atoms. The monoisotopic (exact) mass is 347 g/mol. The number of carbonyl (C=O) groups excluding carboxylic acids is 1. The number of carbonyl (C=O) groups is 1. The van der Waals surface area contributed by atoms with Crippen molar-refractivity contribution in [3.8, 4) is 5.69 Å². The van der Waals surface area contributed by atoms with E-state index in [-0.39, 0.29) is 17.9 Å². The number of benzene rings is 1. The lowest BCUT2D eigenvalue weighted by Gasteiger charge is -2.33. The minimum absolute atomic E-state index is 0.0109. The van der Waals surface area contributed by atoms with Crippen LogP contribution in [-0.4, -0.2) is 44.9 Å². The molecule has 0 saturated carbocycles. The van der Waals surface area contributed by atoms with Gasteiger partial charge in [0.25, 0.3) is 5.91 Å². The van der Waals surface area contributed by atoms with E-state index in [1.165, 1.54) is 0 Å². The van der Waals surface area contributed by atoms with Crippen LogP contribution in [0.2, 0.25) is 5.02 Å². The summed E-state index contributed by atoms with van der Waals surface area (Å²) in [5.74, 6) is 0.295. The molecule has 1 aromatic heterocycles. The zero-order valence-corrected chi connectivity index (χ0v) is 14.7. The topological polar surface area (TPSA) is 58.4 Å². The van der Waals surface area contributed by atoms with Crippen LogP contribution in [0.25, 0.3) is 5.69 Å². The maximum atomic E-state index is 12.8. The molecule has 1 saturated heterocycles. The van der Waals surface area contributed by atoms with Crippen LogP contribution in [0.3, 0.4) is 0 Å². The van der Waals surface area contributed by atoms with E-state index in [1.54, 1.807) is 23.0 Å². The third-order valence-corrected chi connectivity index (χ3v) is 4.98. The molecule has 6 heteroatoms. The van der Waals surface area contributed by atoms with Gasteiger partial charge in [-0.2, -0.15) is 5.10 Å². The summed E-state index contributed by atoms with van der Waals surface area (Å²) in [5.41, 5.74) is 2.21. The summed E-state index contributed by atoms with van der Waals surface area (Å²) < 4.78 is 1.71. The normalized spacial score (nSPS) is 17.1. The average molecular weight is 348 g/mol. The summed E-state index contributed by atoms with van der Waals surface area (Å²) in [6.45, 7) is 5.03. The molecule has 0 aliphatic carbocycles. The van der Waals surface area contributed by atoms with Crippen LogP contribution >= 0.6 is 11.6 Å². The van der Waals surface area contributed by atoms with Gasteiger partial charge in [-0.15, -0.1) is 0 Å². The van der Waals surface area contributed by atoms with Crippen LogP contribution in [0.5, 0.6) is 0 Å². The first-order chi connectivity index (χ1) is 11.5. The first kappa shape index (κ1) is 17.0. The van der Waals surface area contributed by atoms with Crippen molar-refractivity contribution in [3.05, 3.63) is 46.7 Å². The number of hydrogen-bond acceptors (Lipinski definition) is 3. The van der Waals surface area contributed by atoms with Crippen molar-refractivity contribution in [2.75, 3.05) is 13.1 Å². The van der Waals surface area contributed by atoms with Crippen LogP contribution in [0, 0.1) is 12.8 Å². The standard InChI is InChI=1S/C18H22ClN3O2/c1-12-17(11-22(20-12)16-5-3-15(19)4-6-16)18(24)21-9-7-14(8-10-21)13(2)23/h3-6,11,13-14,23H,7-10H2,1-2H3. The Morgan fingerprint density at radius 2 is 1.92 bits per heavy atom. The van der Waals surface area contributed by atoms with Gasteiger partial charge in [0.1, 0.15) is 0 Å². The largest absolute Gasteiger partial charge is 0.393 e. The molecule has 1 N–H and O–H groups in total. The van der Waals surface area contributed by atoms with Gasteiger partial charge < -0.3 is 10.0 Å². The first-order valence-electron chi connectivity index (χ1n) is 8.25. The third-order valence-electron chi connectivity index (χ3n) is 4.73. The van der Waals surface area contributed by atoms with Gasteiger partial charge in [-0.1, -0.05) is 11.6 Å². The second-order valence-electron chi connectivity index (χ2n) is 6.42. The molecule has 3 rings (SSSR count). The molecule has 2 aromatic rings. The number of rotatable bonds is 3. The van der Waals surface area contributed by atoms with E-state index in [0.717, 1.165) is 18.5 Å². The molecule has 1 fully saturated rings. The lowest BCUT2D eigenvalue weighted by Crippen LogP contribution is -2.40. The van der Waals surface area contributed by atoms with Crippen molar-refractivity contribution < 1.29 is 9.90 Å². The van der Waals surface area contributed by atoms with E-state index in [2.05, 4.69) is 5.10 Å². The minimum atomic E-state index is -0.309. The number of aliphatic hydroxyl groups is 1. The van der Waals surface area contributed by atoms with E-state index in [0.29, 0.717) is 29.4 Å². The molecule has 1 aliphatic rings. The molecule has 1 amide bonds. The molecular weight excluding hydrogens is 326 g/mol. The van der Waals surface area contributed by atoms with Gasteiger partial charge >= 0.3 is 0 Å². The highest BCUT2D eigenvalue weighted by atomic mass is 35.5. The van der Waals surface area contributed by atoms with Gasteiger partial charge in [-0.05, 0) is 56.9 Å². The van der Waals surface area contributed by atoms with Gasteiger partial charge in [0.05, 0.1) is 23.0 Å². The highest BCUT2D eigenvalue weighted by molar-refractivity contribution is 6.30. The van der Waals surface area contributed by atoms with E-state index >= 15 is 0 Å². The summed E-state index contributed by atoms with van der Waals surface area (Å²) in [5, 5.41) is 14.8. The molecule has 1 aliphatic heterocycles. The Morgan fingerprint density at radius 3 is 2.50 bits per heavy atom. The van der Waals surface area contributed by atoms with Crippen molar-refractivity contribution in [3.63, 3.8) is 0 Å². The number of halogens is 1. The SMILES string of the molecule is Cc1nn(-c2ccc(Cl)cc2)cc1C(=O)N1CCC(C(C)O)CC1. The quantitative estimate of drug-likeness (QED) is 0.928. The maximum Gasteiger partial charge on any atom is 0.257 e. The predicted octanol–water partition coefficient (Wildman–Crippen LogP) is 3.07. The summed E-state index contributed by atoms with van der Waals surface area (Å²) in [6, 6.07) is 7.35. The fourth-order valence-corrected chi connectivity index (χ4v) is 3.28. The van der Waals surface area contributed by atoms with Crippen LogP contribution in [0.4, 0.5) is 0 Å². The summed E-state index contributed by atoms with van der Waals surface area (Å²) >= 11 is 5.91. The Bertz CT molecular complexity index is 716. The minimum Gasteiger partial charge on any atom is -0.393 e. The van der Waals surface area contributed by atoms with Crippen LogP contribution < -0.4 is 0 Å². The molecule has 1 unspecified atom stereocenters. The summed E-state index contributed by atoms with van der Waals surface area (Å²) in [4.78, 5) is 14.6. The van der Waals surface area contributed by atoms with Gasteiger partial charge in [0, 0.05) is 24.3 Å². The van der Waals surface area contributed by atoms with E-state index < -0.39 is 0 Å². The first-order valence-corrected chi connectivity index (χ1v) is 8.63. The number of likely N-dealkylation sites (tertiary alicyclic amines) is 1. The van der Waals surface area contributed by atoms with Crippen molar-refractivity contribution >= 4 is 17.5 Å². The number of amides is 1. The van der Waals surface area contributed by atoms with Gasteiger partial charge in [-0.3, -0.25) is 4.79 Å². The fourth-order valence-electron chi connectivity index (χ4n) is 3.15. The molecule has 0 bridgehead atoms. The molecule has 5 nitrogen and oxygen atoms in total. The number of piperidine rings is 1. The van der Waals surface area contributed by atoms with Crippen molar-refractivity contribution in [1.29, 1.82) is 0 Å². The molecule has 0 radical (unpaired) electrons. The van der Waals surface area contributed by atoms with E-state index in [9.17, 15) is 9.90 Å². The van der Waals surface area contributed by atoms with Crippen LogP contribution in [0.1, 0.15) is 35.8 Å². The molecule has 1 aromatic carbocycles. The van der Waals surface area contributed by atoms with Crippen molar-refractivity contribution in [1.82, 2.24) is 14.7 Å². The Hall–Kier alpha value is -1.85. The summed E-state index contributed by atoms with van der Waals surface area (Å²) in [7, 11) is 0. The lowest BCUT2D eigenvalue weighted by atomic mass is 9.92. The summed E-state index contributed by atoms with van der Waals surface area (Å²) in [6.07, 6.45) is 3.15. The fraction of sp³-hybridized carbons (Fsp3) is 0.444. The average Bonchev–Trinajstić information content (AvgIpc) is 2.96. The molecule has 1 atom stereocenters. The predicted molar refractivity (Wildman–Crippen MR) is 93.6 cm³/mol. The molecule has 0 spiro atoms. The van der Waals surface area contributed by atoms with Crippen LogP contribution in [0.15, 0.2) is 30.5 Å². The Balaban J connectivity index is 1.75. The van der Waals surface area contributed by atoms with E-state index in [4.69, 9.17) is 11.6 Å². The van der Waals surface area contributed by atoms with Gasteiger partial charge in [0.2, 0.25) is 0 Å². The number of aromatic nitrogens is 2. The van der Waals surface area contributed by atoms with Gasteiger partial charge in [0.15, 0.2) is 0 Å².